The zero-order valence-electron chi connectivity index (χ0n) is 14.7. The van der Waals surface area contributed by atoms with Crippen molar-refractivity contribution in [2.24, 2.45) is 0 Å². The summed E-state index contributed by atoms with van der Waals surface area (Å²) in [6.07, 6.45) is 1.09. The lowest BCUT2D eigenvalue weighted by Crippen LogP contribution is -2.30. The van der Waals surface area contributed by atoms with Gasteiger partial charge in [0.2, 0.25) is 5.95 Å². The average Bonchev–Trinajstić information content (AvgIpc) is 3.26. The van der Waals surface area contributed by atoms with Crippen molar-refractivity contribution < 1.29 is 9.18 Å². The van der Waals surface area contributed by atoms with Gasteiger partial charge in [-0.25, -0.2) is 14.4 Å². The van der Waals surface area contributed by atoms with Crippen molar-refractivity contribution in [2.45, 2.75) is 25.6 Å². The number of nitrogen functional groups attached to an aromatic ring is 1. The third-order valence-corrected chi connectivity index (χ3v) is 5.45. The molecule has 0 bridgehead atoms. The minimum Gasteiger partial charge on any atom is -0.391 e. The summed E-state index contributed by atoms with van der Waals surface area (Å²) in [4.78, 5) is 27.7. The number of likely N-dealkylation sites (tertiary alicyclic amines) is 1. The van der Waals surface area contributed by atoms with E-state index in [-0.39, 0.29) is 24.2 Å². The fraction of sp³-hybridized carbons (Fsp3) is 0.333. The van der Waals surface area contributed by atoms with Crippen LogP contribution in [0.1, 0.15) is 35.6 Å². The summed E-state index contributed by atoms with van der Waals surface area (Å²) in [6, 6.07) is 7.22. The monoisotopic (exact) mass is 386 g/mol. The van der Waals surface area contributed by atoms with E-state index in [4.69, 9.17) is 5.73 Å². The van der Waals surface area contributed by atoms with Crippen molar-refractivity contribution in [1.82, 2.24) is 19.9 Å². The van der Waals surface area contributed by atoms with E-state index in [9.17, 15) is 9.18 Å². The SMILES string of the molecule is CC(Nc1nc(C(=O)N2CC[C@@H](F)C2)c2sc(N)cc2n1)c1ccccn1. The molecule has 0 spiro atoms. The van der Waals surface area contributed by atoms with E-state index in [1.54, 1.807) is 12.3 Å². The van der Waals surface area contributed by atoms with Crippen LogP contribution in [0.3, 0.4) is 0 Å². The van der Waals surface area contributed by atoms with Crippen LogP contribution >= 0.6 is 11.3 Å². The van der Waals surface area contributed by atoms with Gasteiger partial charge in [0, 0.05) is 12.7 Å². The Morgan fingerprint density at radius 1 is 1.44 bits per heavy atom. The van der Waals surface area contributed by atoms with Gasteiger partial charge in [0.1, 0.15) is 6.17 Å². The van der Waals surface area contributed by atoms with Crippen molar-refractivity contribution >= 4 is 38.4 Å². The number of aromatic nitrogens is 3. The fourth-order valence-electron chi connectivity index (χ4n) is 3.11. The van der Waals surface area contributed by atoms with Crippen molar-refractivity contribution in [3.8, 4) is 0 Å². The number of halogens is 1. The molecule has 1 aliphatic heterocycles. The number of amides is 1. The van der Waals surface area contributed by atoms with Gasteiger partial charge >= 0.3 is 0 Å². The summed E-state index contributed by atoms with van der Waals surface area (Å²) in [5, 5.41) is 3.74. The Labute approximate surface area is 159 Å². The molecule has 3 aromatic rings. The van der Waals surface area contributed by atoms with Crippen LogP contribution < -0.4 is 11.1 Å². The lowest BCUT2D eigenvalue weighted by molar-refractivity contribution is 0.0779. The summed E-state index contributed by atoms with van der Waals surface area (Å²) in [7, 11) is 0. The number of nitrogens with zero attached hydrogens (tertiary/aromatic N) is 4. The number of fused-ring (bicyclic) bond motifs is 1. The number of rotatable bonds is 4. The van der Waals surface area contributed by atoms with Gasteiger partial charge in [-0.1, -0.05) is 6.07 Å². The Balaban J connectivity index is 1.69. The van der Waals surface area contributed by atoms with Crippen LogP contribution in [0.4, 0.5) is 15.3 Å². The lowest BCUT2D eigenvalue weighted by Gasteiger charge is -2.17. The second-order valence-electron chi connectivity index (χ2n) is 6.52. The molecule has 3 N–H and O–H groups in total. The predicted octanol–water partition coefficient (Wildman–Crippen LogP) is 3.03. The Hall–Kier alpha value is -2.81. The largest absolute Gasteiger partial charge is 0.391 e. The summed E-state index contributed by atoms with van der Waals surface area (Å²) in [5.74, 6) is 0.0238. The van der Waals surface area contributed by atoms with Crippen LogP contribution in [0.25, 0.3) is 10.2 Å². The molecule has 1 unspecified atom stereocenters. The number of alkyl halides is 1. The number of hydrogen-bond donors (Lipinski definition) is 2. The minimum absolute atomic E-state index is 0.0955. The zero-order chi connectivity index (χ0) is 19.0. The molecular formula is C18H19FN6OS. The van der Waals surface area contributed by atoms with Crippen LogP contribution in [0.5, 0.6) is 0 Å². The van der Waals surface area contributed by atoms with E-state index in [0.29, 0.717) is 34.1 Å². The van der Waals surface area contributed by atoms with E-state index in [0.717, 1.165) is 5.69 Å². The highest BCUT2D eigenvalue weighted by Crippen LogP contribution is 2.31. The summed E-state index contributed by atoms with van der Waals surface area (Å²) in [6.45, 7) is 2.42. The Bertz CT molecular complexity index is 979. The number of pyridine rings is 1. The molecular weight excluding hydrogens is 367 g/mol. The molecule has 0 radical (unpaired) electrons. The molecule has 0 saturated carbocycles. The van der Waals surface area contributed by atoms with E-state index in [1.165, 1.54) is 16.2 Å². The summed E-state index contributed by atoms with van der Waals surface area (Å²) >= 11 is 1.26. The van der Waals surface area contributed by atoms with Crippen LogP contribution in [0.2, 0.25) is 0 Å². The first-order chi connectivity index (χ1) is 13.0. The number of nitrogens with two attached hydrogens (primary N) is 1. The van der Waals surface area contributed by atoms with Gasteiger partial charge in [0.25, 0.3) is 5.91 Å². The molecule has 9 heteroatoms. The van der Waals surface area contributed by atoms with E-state index in [1.807, 2.05) is 25.1 Å². The maximum atomic E-state index is 13.5. The minimum atomic E-state index is -0.985. The number of anilines is 2. The molecule has 27 heavy (non-hydrogen) atoms. The molecule has 4 rings (SSSR count). The van der Waals surface area contributed by atoms with Crippen molar-refractivity contribution in [3.63, 3.8) is 0 Å². The maximum absolute atomic E-state index is 13.5. The standard InChI is InChI=1S/C18H19FN6OS/c1-10(12-4-2-3-6-21-12)22-18-23-13-8-14(20)27-16(13)15(24-18)17(26)25-7-5-11(19)9-25/h2-4,6,8,10-11H,5,7,9,20H2,1H3,(H,22,23,24)/t10?,11-/m1/s1. The summed E-state index contributed by atoms with van der Waals surface area (Å²) < 4.78 is 14.2. The van der Waals surface area contributed by atoms with E-state index < -0.39 is 6.17 Å². The number of thiophene rings is 1. The molecule has 1 aliphatic rings. The van der Waals surface area contributed by atoms with Gasteiger partial charge < -0.3 is 16.0 Å². The van der Waals surface area contributed by atoms with Gasteiger partial charge in [-0.3, -0.25) is 9.78 Å². The third kappa shape index (κ3) is 3.55. The Morgan fingerprint density at radius 2 is 2.30 bits per heavy atom. The molecule has 1 amide bonds. The number of carbonyl (C=O) groups excluding carboxylic acids is 1. The molecule has 1 fully saturated rings. The quantitative estimate of drug-likeness (QED) is 0.715. The van der Waals surface area contributed by atoms with Crippen LogP contribution in [-0.2, 0) is 0 Å². The molecule has 2 atom stereocenters. The smallest absolute Gasteiger partial charge is 0.274 e. The fourth-order valence-corrected chi connectivity index (χ4v) is 3.95. The number of hydrogen-bond acceptors (Lipinski definition) is 7. The van der Waals surface area contributed by atoms with Gasteiger partial charge in [-0.15, -0.1) is 11.3 Å². The van der Waals surface area contributed by atoms with Crippen LogP contribution in [0.15, 0.2) is 30.5 Å². The van der Waals surface area contributed by atoms with Gasteiger partial charge in [0.05, 0.1) is 33.5 Å². The number of carbonyl (C=O) groups is 1. The Kier molecular flexibility index (Phi) is 4.61. The molecule has 140 valence electrons. The molecule has 1 saturated heterocycles. The van der Waals surface area contributed by atoms with E-state index >= 15 is 0 Å². The molecule has 7 nitrogen and oxygen atoms in total. The first kappa shape index (κ1) is 17.6. The Morgan fingerprint density at radius 3 is 3.00 bits per heavy atom. The number of nitrogens with one attached hydrogen (secondary N) is 1. The van der Waals surface area contributed by atoms with Crippen LogP contribution in [0, 0.1) is 0 Å². The first-order valence-corrected chi connectivity index (χ1v) is 9.51. The van der Waals surface area contributed by atoms with Gasteiger partial charge in [0.15, 0.2) is 5.69 Å². The average molecular weight is 386 g/mol. The zero-order valence-corrected chi connectivity index (χ0v) is 15.5. The van der Waals surface area contributed by atoms with Gasteiger partial charge in [-0.05, 0) is 31.5 Å². The summed E-state index contributed by atoms with van der Waals surface area (Å²) in [5.41, 5.74) is 7.60. The highest BCUT2D eigenvalue weighted by atomic mass is 32.1. The first-order valence-electron chi connectivity index (χ1n) is 8.69. The molecule has 4 heterocycles. The normalized spacial score (nSPS) is 18.0. The van der Waals surface area contributed by atoms with Crippen molar-refractivity contribution in [1.29, 1.82) is 0 Å². The lowest BCUT2D eigenvalue weighted by atomic mass is 10.2. The van der Waals surface area contributed by atoms with Crippen molar-refractivity contribution in [2.75, 3.05) is 24.1 Å². The highest BCUT2D eigenvalue weighted by molar-refractivity contribution is 7.22. The second-order valence-corrected chi connectivity index (χ2v) is 7.60. The molecule has 3 aromatic heterocycles. The predicted molar refractivity (Wildman–Crippen MR) is 104 cm³/mol. The van der Waals surface area contributed by atoms with Gasteiger partial charge in [-0.2, -0.15) is 0 Å². The highest BCUT2D eigenvalue weighted by Gasteiger charge is 2.29. The molecule has 0 aliphatic carbocycles. The topological polar surface area (TPSA) is 97.0 Å². The maximum Gasteiger partial charge on any atom is 0.274 e. The third-order valence-electron chi connectivity index (χ3n) is 4.49. The van der Waals surface area contributed by atoms with Crippen molar-refractivity contribution in [3.05, 3.63) is 41.9 Å². The van der Waals surface area contributed by atoms with Crippen LogP contribution in [-0.4, -0.2) is 45.0 Å². The molecule has 0 aromatic carbocycles. The van der Waals surface area contributed by atoms with E-state index in [2.05, 4.69) is 20.3 Å². The second kappa shape index (κ2) is 7.07.